The predicted octanol–water partition coefficient (Wildman–Crippen LogP) is 5.28. The smallest absolute Gasteiger partial charge is 0.343 e. The van der Waals surface area contributed by atoms with Crippen LogP contribution < -0.4 is 14.2 Å². The second kappa shape index (κ2) is 15.3. The Balaban J connectivity index is 1.78. The zero-order chi connectivity index (χ0) is 23.9. The molecule has 0 atom stereocenters. The zero-order valence-corrected chi connectivity index (χ0v) is 20.6. The molecule has 0 saturated carbocycles. The quantitative estimate of drug-likeness (QED) is 0.112. The second-order valence-electron chi connectivity index (χ2n) is 7.64. The lowest BCUT2D eigenvalue weighted by molar-refractivity contribution is -0.135. The standard InChI is InChI=1S/C25H30BBrO6/c26-17-5-1-3-7-23(28)31-20-11-9-19(10-12-20)25(30)33-22-15-13-21(14-16-22)32-24(29)8-4-2-6-18-27/h9-16H,1-8,17-18,26H2. The number of unbranched alkanes of at least 4 members (excludes halogenated alkanes) is 4. The number of ether oxygens (including phenoxy) is 3. The van der Waals surface area contributed by atoms with Crippen molar-refractivity contribution < 1.29 is 28.6 Å². The third kappa shape index (κ3) is 10.7. The molecule has 8 heteroatoms. The van der Waals surface area contributed by atoms with E-state index in [9.17, 15) is 14.4 Å². The van der Waals surface area contributed by atoms with Crippen molar-refractivity contribution in [3.8, 4) is 17.2 Å². The summed E-state index contributed by atoms with van der Waals surface area (Å²) in [5, 5.41) is 0.930. The fraction of sp³-hybridized carbons (Fsp3) is 0.400. The summed E-state index contributed by atoms with van der Waals surface area (Å²) in [6, 6.07) is 12.5. The van der Waals surface area contributed by atoms with Crippen LogP contribution in [0, 0.1) is 0 Å². The van der Waals surface area contributed by atoms with E-state index in [1.54, 1.807) is 48.5 Å². The van der Waals surface area contributed by atoms with Gasteiger partial charge < -0.3 is 14.2 Å². The zero-order valence-electron chi connectivity index (χ0n) is 19.0. The molecule has 0 saturated heterocycles. The Labute approximate surface area is 204 Å². The maximum atomic E-state index is 12.4. The van der Waals surface area contributed by atoms with Crippen LogP contribution in [0.5, 0.6) is 17.2 Å². The molecule has 0 aliphatic carbocycles. The average molecular weight is 517 g/mol. The fourth-order valence-electron chi connectivity index (χ4n) is 3.00. The lowest BCUT2D eigenvalue weighted by Gasteiger charge is -2.08. The number of carbonyl (C=O) groups excluding carboxylic acids is 3. The monoisotopic (exact) mass is 516 g/mol. The minimum Gasteiger partial charge on any atom is -0.427 e. The molecule has 0 aliphatic heterocycles. The summed E-state index contributed by atoms with van der Waals surface area (Å²) in [7, 11) is 2.12. The van der Waals surface area contributed by atoms with Crippen LogP contribution in [0.3, 0.4) is 0 Å². The normalized spacial score (nSPS) is 10.5. The molecule has 0 radical (unpaired) electrons. The van der Waals surface area contributed by atoms with Crippen molar-refractivity contribution in [3.05, 3.63) is 54.1 Å². The van der Waals surface area contributed by atoms with Gasteiger partial charge in [0, 0.05) is 18.2 Å². The molecule has 0 heterocycles. The Kier molecular flexibility index (Phi) is 12.3. The molecule has 6 nitrogen and oxygen atoms in total. The minimum absolute atomic E-state index is 0.277. The molecule has 0 aromatic heterocycles. The lowest BCUT2D eigenvalue weighted by atomic mass is 9.99. The molecule has 0 amide bonds. The number of alkyl halides is 1. The minimum atomic E-state index is -0.538. The van der Waals surface area contributed by atoms with Gasteiger partial charge in [0.05, 0.1) is 5.56 Å². The third-order valence-electron chi connectivity index (χ3n) is 4.84. The first-order valence-electron chi connectivity index (χ1n) is 11.4. The van der Waals surface area contributed by atoms with Crippen LogP contribution in [0.25, 0.3) is 0 Å². The van der Waals surface area contributed by atoms with Gasteiger partial charge in [-0.25, -0.2) is 4.79 Å². The van der Waals surface area contributed by atoms with E-state index < -0.39 is 5.97 Å². The molecule has 0 bridgehead atoms. The van der Waals surface area contributed by atoms with Crippen LogP contribution in [0.4, 0.5) is 0 Å². The van der Waals surface area contributed by atoms with Crippen molar-refractivity contribution in [2.75, 3.05) is 5.33 Å². The van der Waals surface area contributed by atoms with Gasteiger partial charge in [-0.1, -0.05) is 41.5 Å². The van der Waals surface area contributed by atoms with Gasteiger partial charge in [0.15, 0.2) is 0 Å². The molecular formula is C25H30BBrO6. The maximum absolute atomic E-state index is 12.4. The molecule has 2 aromatic rings. The molecule has 2 rings (SSSR count). The summed E-state index contributed by atoms with van der Waals surface area (Å²) in [6.45, 7) is 0. The summed E-state index contributed by atoms with van der Waals surface area (Å²) < 4.78 is 15.9. The molecule has 33 heavy (non-hydrogen) atoms. The molecule has 2 aromatic carbocycles. The number of esters is 3. The van der Waals surface area contributed by atoms with Gasteiger partial charge in [-0.05, 0) is 67.8 Å². The molecule has 0 fully saturated rings. The van der Waals surface area contributed by atoms with E-state index in [-0.39, 0.29) is 11.9 Å². The summed E-state index contributed by atoms with van der Waals surface area (Å²) in [6.07, 6.45) is 7.58. The van der Waals surface area contributed by atoms with Crippen molar-refractivity contribution in [1.82, 2.24) is 0 Å². The fourth-order valence-corrected chi connectivity index (χ4v) is 3.40. The number of hydrogen-bond acceptors (Lipinski definition) is 6. The van der Waals surface area contributed by atoms with Crippen LogP contribution in [0.2, 0.25) is 6.32 Å². The summed E-state index contributed by atoms with van der Waals surface area (Å²) >= 11 is 3.36. The Morgan fingerprint density at radius 2 is 1.09 bits per heavy atom. The third-order valence-corrected chi connectivity index (χ3v) is 5.40. The van der Waals surface area contributed by atoms with Crippen molar-refractivity contribution in [2.45, 2.75) is 57.7 Å². The van der Waals surface area contributed by atoms with Gasteiger partial charge in [-0.2, -0.15) is 0 Å². The van der Waals surface area contributed by atoms with E-state index in [2.05, 4.69) is 23.8 Å². The summed E-state index contributed by atoms with van der Waals surface area (Å²) in [4.78, 5) is 36.1. The van der Waals surface area contributed by atoms with Crippen molar-refractivity contribution >= 4 is 41.7 Å². The van der Waals surface area contributed by atoms with Crippen LogP contribution in [0.1, 0.15) is 61.7 Å². The van der Waals surface area contributed by atoms with Crippen molar-refractivity contribution in [2.24, 2.45) is 0 Å². The first-order valence-corrected chi connectivity index (χ1v) is 12.5. The van der Waals surface area contributed by atoms with Gasteiger partial charge in [-0.15, -0.1) is 0 Å². The summed E-state index contributed by atoms with van der Waals surface area (Å²) in [5.74, 6) is 0.0347. The maximum Gasteiger partial charge on any atom is 0.343 e. The highest BCUT2D eigenvalue weighted by Crippen LogP contribution is 2.20. The Bertz CT molecular complexity index is 883. The number of carbonyl (C=O) groups is 3. The largest absolute Gasteiger partial charge is 0.427 e. The number of halogens is 1. The number of hydrogen-bond donors (Lipinski definition) is 0. The Morgan fingerprint density at radius 1 is 0.636 bits per heavy atom. The van der Waals surface area contributed by atoms with E-state index in [0.717, 1.165) is 50.2 Å². The van der Waals surface area contributed by atoms with Crippen molar-refractivity contribution in [1.29, 1.82) is 0 Å². The predicted molar refractivity (Wildman–Crippen MR) is 133 cm³/mol. The van der Waals surface area contributed by atoms with E-state index in [1.165, 1.54) is 0 Å². The molecule has 0 unspecified atom stereocenters. The topological polar surface area (TPSA) is 78.9 Å². The van der Waals surface area contributed by atoms with Crippen LogP contribution in [-0.2, 0) is 9.59 Å². The summed E-state index contributed by atoms with van der Waals surface area (Å²) in [5.41, 5.74) is 0.330. The molecule has 0 N–H and O–H groups in total. The molecular weight excluding hydrogens is 487 g/mol. The first kappa shape index (κ1) is 26.6. The van der Waals surface area contributed by atoms with Gasteiger partial charge in [0.25, 0.3) is 0 Å². The highest BCUT2D eigenvalue weighted by Gasteiger charge is 2.11. The molecule has 176 valence electrons. The van der Waals surface area contributed by atoms with Crippen LogP contribution in [0.15, 0.2) is 48.5 Å². The van der Waals surface area contributed by atoms with Gasteiger partial charge in [-0.3, -0.25) is 9.59 Å². The lowest BCUT2D eigenvalue weighted by Crippen LogP contribution is -2.10. The highest BCUT2D eigenvalue weighted by atomic mass is 79.9. The molecule has 0 aliphatic rings. The first-order chi connectivity index (χ1) is 16.0. The Hall–Kier alpha value is -2.61. The number of benzene rings is 2. The van der Waals surface area contributed by atoms with Crippen LogP contribution >= 0.6 is 15.9 Å². The van der Waals surface area contributed by atoms with Gasteiger partial charge in [0.1, 0.15) is 25.1 Å². The Morgan fingerprint density at radius 3 is 1.58 bits per heavy atom. The van der Waals surface area contributed by atoms with Gasteiger partial charge in [0.2, 0.25) is 0 Å². The molecule has 0 spiro atoms. The second-order valence-corrected chi connectivity index (χ2v) is 8.44. The SMILES string of the molecule is BCCCCCC(=O)Oc1ccc(C(=O)Oc2ccc(OC(=O)CCCCCBr)cc2)cc1. The van der Waals surface area contributed by atoms with Gasteiger partial charge >= 0.3 is 17.9 Å². The number of rotatable bonds is 14. The van der Waals surface area contributed by atoms with E-state index >= 15 is 0 Å². The average Bonchev–Trinajstić information content (AvgIpc) is 2.81. The van der Waals surface area contributed by atoms with Crippen molar-refractivity contribution in [3.63, 3.8) is 0 Å². The highest BCUT2D eigenvalue weighted by molar-refractivity contribution is 9.09. The van der Waals surface area contributed by atoms with E-state index in [1.807, 2.05) is 0 Å². The van der Waals surface area contributed by atoms with E-state index in [4.69, 9.17) is 14.2 Å². The van der Waals surface area contributed by atoms with Crippen LogP contribution in [-0.4, -0.2) is 31.1 Å². The van der Waals surface area contributed by atoms with E-state index in [0.29, 0.717) is 35.7 Å².